The van der Waals surface area contributed by atoms with E-state index < -0.39 is 36.2 Å². The standard InChI is InChI=1S/C15H15F4NO3/c16-13(17)22-11-2-1-9(7-12(11)23-14(18)19)15(8-20)5-3-10(21)4-6-15/h1-2,7,10,13-14,21H,3-6H2. The molecule has 1 fully saturated rings. The van der Waals surface area contributed by atoms with Crippen molar-refractivity contribution in [2.75, 3.05) is 0 Å². The van der Waals surface area contributed by atoms with Gasteiger partial charge in [0.05, 0.1) is 17.6 Å². The summed E-state index contributed by atoms with van der Waals surface area (Å²) < 4.78 is 58.0. The summed E-state index contributed by atoms with van der Waals surface area (Å²) in [5.41, 5.74) is -0.591. The van der Waals surface area contributed by atoms with Crippen molar-refractivity contribution in [3.8, 4) is 17.6 Å². The van der Waals surface area contributed by atoms with Crippen LogP contribution in [0.2, 0.25) is 0 Å². The largest absolute Gasteiger partial charge is 0.431 e. The third-order valence-corrected chi connectivity index (χ3v) is 3.95. The van der Waals surface area contributed by atoms with Crippen molar-refractivity contribution in [1.29, 1.82) is 5.26 Å². The Morgan fingerprint density at radius 3 is 2.17 bits per heavy atom. The molecule has 2 rings (SSSR count). The molecule has 0 aliphatic heterocycles. The third kappa shape index (κ3) is 4.05. The molecule has 0 radical (unpaired) electrons. The second kappa shape index (κ2) is 7.04. The average Bonchev–Trinajstić information content (AvgIpc) is 2.49. The van der Waals surface area contributed by atoms with Crippen LogP contribution in [0.5, 0.6) is 11.5 Å². The molecule has 23 heavy (non-hydrogen) atoms. The molecule has 1 aliphatic rings. The van der Waals surface area contributed by atoms with Gasteiger partial charge in [0.1, 0.15) is 0 Å². The van der Waals surface area contributed by atoms with Crippen LogP contribution in [0.3, 0.4) is 0 Å². The Balaban J connectivity index is 2.37. The van der Waals surface area contributed by atoms with Gasteiger partial charge in [-0.15, -0.1) is 0 Å². The minimum Gasteiger partial charge on any atom is -0.431 e. The van der Waals surface area contributed by atoms with Gasteiger partial charge in [-0.2, -0.15) is 22.8 Å². The van der Waals surface area contributed by atoms with E-state index >= 15 is 0 Å². The lowest BCUT2D eigenvalue weighted by molar-refractivity contribution is -0.0693. The highest BCUT2D eigenvalue weighted by Crippen LogP contribution is 2.42. The summed E-state index contributed by atoms with van der Waals surface area (Å²) in [6, 6.07) is 5.75. The molecule has 0 atom stereocenters. The van der Waals surface area contributed by atoms with Crippen LogP contribution in [0.25, 0.3) is 0 Å². The highest BCUT2D eigenvalue weighted by molar-refractivity contribution is 5.47. The number of aliphatic hydroxyl groups excluding tert-OH is 1. The van der Waals surface area contributed by atoms with Crippen molar-refractivity contribution < 1.29 is 32.1 Å². The molecule has 4 nitrogen and oxygen atoms in total. The fourth-order valence-electron chi connectivity index (χ4n) is 2.75. The molecule has 0 spiro atoms. The molecular formula is C15H15F4NO3. The van der Waals surface area contributed by atoms with Gasteiger partial charge in [-0.25, -0.2) is 0 Å². The first-order chi connectivity index (χ1) is 10.9. The number of hydrogen-bond acceptors (Lipinski definition) is 4. The van der Waals surface area contributed by atoms with Gasteiger partial charge in [0.15, 0.2) is 11.5 Å². The summed E-state index contributed by atoms with van der Waals surface area (Å²) in [6.07, 6.45) is 0.971. The minimum absolute atomic E-state index is 0.341. The second-order valence-electron chi connectivity index (χ2n) is 5.34. The molecule has 1 aliphatic carbocycles. The molecule has 126 valence electrons. The predicted molar refractivity (Wildman–Crippen MR) is 71.5 cm³/mol. The number of nitrogens with zero attached hydrogens (tertiary/aromatic N) is 1. The van der Waals surface area contributed by atoms with Crippen molar-refractivity contribution in [2.45, 2.75) is 50.4 Å². The Hall–Kier alpha value is -2.01. The Bertz CT molecular complexity index is 581. The summed E-state index contributed by atoms with van der Waals surface area (Å²) in [5.74, 6) is -1.06. The van der Waals surface area contributed by atoms with E-state index in [1.54, 1.807) is 0 Å². The Labute approximate surface area is 130 Å². The predicted octanol–water partition coefficient (Wildman–Crippen LogP) is 3.59. The van der Waals surface area contributed by atoms with Crippen LogP contribution in [-0.2, 0) is 5.41 Å². The van der Waals surface area contributed by atoms with Gasteiger partial charge in [0, 0.05) is 0 Å². The molecule has 1 aromatic rings. The molecule has 0 bridgehead atoms. The Morgan fingerprint density at radius 2 is 1.65 bits per heavy atom. The zero-order valence-electron chi connectivity index (χ0n) is 12.0. The molecule has 1 saturated carbocycles. The average molecular weight is 333 g/mol. The van der Waals surface area contributed by atoms with Gasteiger partial charge in [-0.1, -0.05) is 6.07 Å². The van der Waals surface area contributed by atoms with E-state index in [0.717, 1.165) is 12.1 Å². The first-order valence-electron chi connectivity index (χ1n) is 7.00. The molecule has 0 heterocycles. The van der Waals surface area contributed by atoms with Crippen molar-refractivity contribution >= 4 is 0 Å². The number of aliphatic hydroxyl groups is 1. The number of nitriles is 1. The molecule has 1 N–H and O–H groups in total. The topological polar surface area (TPSA) is 62.5 Å². The van der Waals surface area contributed by atoms with Crippen LogP contribution in [-0.4, -0.2) is 24.4 Å². The number of halogens is 4. The number of ether oxygens (including phenoxy) is 2. The highest BCUT2D eigenvalue weighted by atomic mass is 19.3. The molecule has 0 unspecified atom stereocenters. The fourth-order valence-corrected chi connectivity index (χ4v) is 2.75. The van der Waals surface area contributed by atoms with Crippen LogP contribution >= 0.6 is 0 Å². The highest BCUT2D eigenvalue weighted by Gasteiger charge is 2.37. The summed E-state index contributed by atoms with van der Waals surface area (Å²) in [4.78, 5) is 0. The SMILES string of the molecule is N#CC1(c2ccc(OC(F)F)c(OC(F)F)c2)CCC(O)CC1. The number of rotatable bonds is 5. The zero-order valence-corrected chi connectivity index (χ0v) is 12.0. The lowest BCUT2D eigenvalue weighted by Crippen LogP contribution is -2.32. The summed E-state index contributed by atoms with van der Waals surface area (Å²) in [6.45, 7) is -6.40. The summed E-state index contributed by atoms with van der Waals surface area (Å²) >= 11 is 0. The van der Waals surface area contributed by atoms with Crippen LogP contribution in [0, 0.1) is 11.3 Å². The summed E-state index contributed by atoms with van der Waals surface area (Å²) in [5, 5.41) is 19.1. The van der Waals surface area contributed by atoms with Gasteiger partial charge in [-0.3, -0.25) is 0 Å². The quantitative estimate of drug-likeness (QED) is 0.837. The van der Waals surface area contributed by atoms with Crippen LogP contribution in [0.1, 0.15) is 31.2 Å². The lowest BCUT2D eigenvalue weighted by atomic mass is 9.70. The van der Waals surface area contributed by atoms with E-state index in [0.29, 0.717) is 31.2 Å². The van der Waals surface area contributed by atoms with E-state index in [-0.39, 0.29) is 0 Å². The van der Waals surface area contributed by atoms with E-state index in [9.17, 15) is 27.9 Å². The first kappa shape index (κ1) is 17.3. The molecule has 0 aromatic heterocycles. The van der Waals surface area contributed by atoms with E-state index in [4.69, 9.17) is 0 Å². The van der Waals surface area contributed by atoms with Gasteiger partial charge < -0.3 is 14.6 Å². The van der Waals surface area contributed by atoms with Crippen molar-refractivity contribution in [2.24, 2.45) is 0 Å². The van der Waals surface area contributed by atoms with Crippen LogP contribution in [0.15, 0.2) is 18.2 Å². The Kier molecular flexibility index (Phi) is 5.31. The monoisotopic (exact) mass is 333 g/mol. The van der Waals surface area contributed by atoms with E-state index in [2.05, 4.69) is 15.5 Å². The molecule has 8 heteroatoms. The Morgan fingerprint density at radius 1 is 1.09 bits per heavy atom. The maximum atomic E-state index is 12.5. The summed E-state index contributed by atoms with van der Waals surface area (Å²) in [7, 11) is 0. The zero-order chi connectivity index (χ0) is 17.0. The molecule has 0 amide bonds. The van der Waals surface area contributed by atoms with E-state index in [1.807, 2.05) is 0 Å². The maximum Gasteiger partial charge on any atom is 0.387 e. The van der Waals surface area contributed by atoms with Gasteiger partial charge >= 0.3 is 13.2 Å². The third-order valence-electron chi connectivity index (χ3n) is 3.95. The molecule has 0 saturated heterocycles. The van der Waals surface area contributed by atoms with Gasteiger partial charge in [0.25, 0.3) is 0 Å². The molecular weight excluding hydrogens is 318 g/mol. The number of benzene rings is 1. The smallest absolute Gasteiger partial charge is 0.387 e. The normalized spacial score (nSPS) is 24.5. The van der Waals surface area contributed by atoms with Crippen LogP contribution < -0.4 is 9.47 Å². The van der Waals surface area contributed by atoms with Gasteiger partial charge in [0.2, 0.25) is 0 Å². The minimum atomic E-state index is -3.21. The van der Waals surface area contributed by atoms with Crippen molar-refractivity contribution in [3.05, 3.63) is 23.8 Å². The van der Waals surface area contributed by atoms with Crippen molar-refractivity contribution in [3.63, 3.8) is 0 Å². The number of hydrogen-bond donors (Lipinski definition) is 1. The first-order valence-corrected chi connectivity index (χ1v) is 7.00. The number of alkyl halides is 4. The van der Waals surface area contributed by atoms with Crippen molar-refractivity contribution in [1.82, 2.24) is 0 Å². The van der Waals surface area contributed by atoms with Gasteiger partial charge in [-0.05, 0) is 43.4 Å². The lowest BCUT2D eigenvalue weighted by Gasteiger charge is -2.33. The fraction of sp³-hybridized carbons (Fsp3) is 0.533. The maximum absolute atomic E-state index is 12.5. The van der Waals surface area contributed by atoms with Crippen LogP contribution in [0.4, 0.5) is 17.6 Å². The second-order valence-corrected chi connectivity index (χ2v) is 5.34. The molecule has 1 aromatic carbocycles. The van der Waals surface area contributed by atoms with E-state index in [1.165, 1.54) is 6.07 Å².